The average Bonchev–Trinajstić information content (AvgIpc) is 4.14. The third kappa shape index (κ3) is 5.20. The maximum Gasteiger partial charge on any atom is 0.135 e. The fourth-order valence-electron chi connectivity index (χ4n) is 11.1. The molecule has 4 aromatic heterocycles. The van der Waals surface area contributed by atoms with E-state index < -0.39 is 0 Å². The van der Waals surface area contributed by atoms with Gasteiger partial charge in [-0.2, -0.15) is 10.5 Å². The lowest BCUT2D eigenvalue weighted by Gasteiger charge is -2.26. The summed E-state index contributed by atoms with van der Waals surface area (Å²) in [6.45, 7) is 0. The summed E-state index contributed by atoms with van der Waals surface area (Å²) in [6, 6.07) is 78.9. The molecule has 0 radical (unpaired) electrons. The van der Waals surface area contributed by atoms with Gasteiger partial charge in [-0.05, 0) is 77.4 Å². The number of furan rings is 1. The lowest BCUT2D eigenvalue weighted by molar-refractivity contribution is 0.669. The zero-order valence-electron chi connectivity index (χ0n) is 36.4. The van der Waals surface area contributed by atoms with Gasteiger partial charge in [0.2, 0.25) is 0 Å². The molecule has 0 fully saturated rings. The van der Waals surface area contributed by atoms with E-state index in [0.717, 1.165) is 110 Å². The molecular weight excluding hydrogens is 831 g/mol. The highest BCUT2D eigenvalue weighted by molar-refractivity contribution is 6.16. The van der Waals surface area contributed by atoms with E-state index in [0.29, 0.717) is 28.2 Å². The van der Waals surface area contributed by atoms with Gasteiger partial charge in [-0.3, -0.25) is 0 Å². The highest BCUT2D eigenvalue weighted by Crippen LogP contribution is 2.49. The first kappa shape index (κ1) is 37.7. The van der Waals surface area contributed by atoms with Gasteiger partial charge in [-0.15, -0.1) is 0 Å². The monoisotopic (exact) mass is 865 g/mol. The summed E-state index contributed by atoms with van der Waals surface area (Å²) in [5.74, 6) is 0. The quantitative estimate of drug-likeness (QED) is 0.173. The molecule has 4 heterocycles. The molecule has 14 aromatic rings. The van der Waals surface area contributed by atoms with Crippen molar-refractivity contribution in [1.82, 2.24) is 13.7 Å². The SMILES string of the molecule is N#Cc1c(-n2c3ccccc3c3cc(-c4ccccc4)ccc32)c(C#N)c(-n2c3ccccc3c3ccccc32)c(-c2ccc3oc4ccccc4c3c2)c1-n1c2ccccc2c2ccccc21. The van der Waals surface area contributed by atoms with Crippen molar-refractivity contribution in [2.24, 2.45) is 0 Å². The van der Waals surface area contributed by atoms with Crippen LogP contribution < -0.4 is 0 Å². The van der Waals surface area contributed by atoms with E-state index in [-0.39, 0.29) is 0 Å². The van der Waals surface area contributed by atoms with Crippen LogP contribution >= 0.6 is 0 Å². The molecule has 0 aliphatic rings. The summed E-state index contributed by atoms with van der Waals surface area (Å²) < 4.78 is 13.1. The van der Waals surface area contributed by atoms with Gasteiger partial charge < -0.3 is 18.1 Å². The minimum atomic E-state index is 0.375. The van der Waals surface area contributed by atoms with Gasteiger partial charge in [-0.1, -0.05) is 152 Å². The number of fused-ring (bicyclic) bond motifs is 12. The van der Waals surface area contributed by atoms with Crippen molar-refractivity contribution in [3.8, 4) is 51.5 Å². The minimum absolute atomic E-state index is 0.375. The molecule has 6 heteroatoms. The summed E-state index contributed by atoms with van der Waals surface area (Å²) >= 11 is 0. The van der Waals surface area contributed by atoms with Crippen molar-refractivity contribution in [3.63, 3.8) is 0 Å². The van der Waals surface area contributed by atoms with Gasteiger partial charge >= 0.3 is 0 Å². The van der Waals surface area contributed by atoms with Crippen LogP contribution in [0.2, 0.25) is 0 Å². The van der Waals surface area contributed by atoms with Crippen LogP contribution in [-0.2, 0) is 0 Å². The molecule has 0 spiro atoms. The number of nitriles is 2. The van der Waals surface area contributed by atoms with Gasteiger partial charge in [-0.25, -0.2) is 0 Å². The number of hydrogen-bond donors (Lipinski definition) is 0. The average molecular weight is 866 g/mol. The van der Waals surface area contributed by atoms with E-state index in [4.69, 9.17) is 4.42 Å². The van der Waals surface area contributed by atoms with Crippen molar-refractivity contribution in [3.05, 3.63) is 223 Å². The predicted octanol–water partition coefficient (Wildman–Crippen LogP) is 16.0. The zero-order chi connectivity index (χ0) is 45.0. The molecule has 0 aliphatic heterocycles. The van der Waals surface area contributed by atoms with Crippen LogP contribution in [0.3, 0.4) is 0 Å². The largest absolute Gasteiger partial charge is 0.456 e. The Morgan fingerprint density at radius 1 is 0.294 bits per heavy atom. The Bertz CT molecular complexity index is 4270. The van der Waals surface area contributed by atoms with Gasteiger partial charge in [0.25, 0.3) is 0 Å². The van der Waals surface area contributed by atoms with Crippen LogP contribution in [0.15, 0.2) is 217 Å². The normalized spacial score (nSPS) is 11.8. The highest BCUT2D eigenvalue weighted by atomic mass is 16.3. The summed E-state index contributed by atoms with van der Waals surface area (Å²) in [4.78, 5) is 0. The molecule has 0 N–H and O–H groups in total. The number of rotatable bonds is 5. The first-order valence-corrected chi connectivity index (χ1v) is 22.7. The van der Waals surface area contributed by atoms with E-state index >= 15 is 0 Å². The maximum atomic E-state index is 12.2. The van der Waals surface area contributed by atoms with E-state index in [9.17, 15) is 10.5 Å². The number of aromatic nitrogens is 3. The standard InChI is InChI=1S/C62H35N5O/c63-36-49-60(65-55-28-14-8-22-45(55)47-34-39(30-32-56(47)65)38-16-2-1-3-17-38)50(37-64)62(67-53-26-12-6-20-43(53)44-21-7-13-27-54(44)67)59(40-31-33-58-48(35-40)46-23-9-15-29-57(46)68-58)61(49)66-51-24-10-4-18-41(51)42-19-5-11-25-52(42)66/h1-35H. The second kappa shape index (κ2) is 14.4. The predicted molar refractivity (Wildman–Crippen MR) is 277 cm³/mol. The van der Waals surface area contributed by atoms with E-state index in [2.05, 4.69) is 202 Å². The van der Waals surface area contributed by atoms with Crippen LogP contribution in [0.25, 0.3) is 127 Å². The van der Waals surface area contributed by atoms with Crippen molar-refractivity contribution in [2.45, 2.75) is 0 Å². The summed E-state index contributed by atoms with van der Waals surface area (Å²) in [6.07, 6.45) is 0. The Hall–Kier alpha value is -9.62. The van der Waals surface area contributed by atoms with Crippen LogP contribution in [0, 0.1) is 22.7 Å². The summed E-state index contributed by atoms with van der Waals surface area (Å²) in [7, 11) is 0. The molecule has 10 aromatic carbocycles. The summed E-state index contributed by atoms with van der Waals surface area (Å²) in [5, 5.41) is 32.6. The first-order chi connectivity index (χ1) is 33.7. The van der Waals surface area contributed by atoms with E-state index in [1.165, 1.54) is 0 Å². The summed E-state index contributed by atoms with van der Waals surface area (Å²) in [5.41, 5.74) is 13.5. The molecular formula is C62H35N5O. The van der Waals surface area contributed by atoms with Gasteiger partial charge in [0.15, 0.2) is 0 Å². The maximum absolute atomic E-state index is 12.2. The van der Waals surface area contributed by atoms with Crippen molar-refractivity contribution in [1.29, 1.82) is 10.5 Å². The number of hydrogen-bond acceptors (Lipinski definition) is 3. The Morgan fingerprint density at radius 3 is 1.19 bits per heavy atom. The third-order valence-corrected chi connectivity index (χ3v) is 13.9. The van der Waals surface area contributed by atoms with Crippen LogP contribution in [-0.4, -0.2) is 13.7 Å². The molecule has 14 rings (SSSR count). The lowest BCUT2D eigenvalue weighted by atomic mass is 9.91. The number of nitrogens with zero attached hydrogens (tertiary/aromatic N) is 5. The lowest BCUT2D eigenvalue weighted by Crippen LogP contribution is -2.14. The Kier molecular flexibility index (Phi) is 8.01. The third-order valence-electron chi connectivity index (χ3n) is 13.9. The Labute approximate surface area is 389 Å². The fraction of sp³-hybridized carbons (Fsp3) is 0. The zero-order valence-corrected chi connectivity index (χ0v) is 36.4. The Morgan fingerprint density at radius 2 is 0.676 bits per heavy atom. The molecule has 314 valence electrons. The molecule has 0 amide bonds. The van der Waals surface area contributed by atoms with Gasteiger partial charge in [0, 0.05) is 48.7 Å². The van der Waals surface area contributed by atoms with Crippen molar-refractivity contribution < 1.29 is 4.42 Å². The smallest absolute Gasteiger partial charge is 0.135 e. The second-order valence-corrected chi connectivity index (χ2v) is 17.4. The molecule has 0 saturated carbocycles. The van der Waals surface area contributed by atoms with Crippen LogP contribution in [0.4, 0.5) is 0 Å². The highest BCUT2D eigenvalue weighted by Gasteiger charge is 2.33. The molecule has 0 aliphatic carbocycles. The van der Waals surface area contributed by atoms with Gasteiger partial charge in [0.1, 0.15) is 34.4 Å². The molecule has 6 nitrogen and oxygen atoms in total. The number of para-hydroxylation sites is 6. The van der Waals surface area contributed by atoms with Crippen LogP contribution in [0.5, 0.6) is 0 Å². The van der Waals surface area contributed by atoms with E-state index in [1.807, 2.05) is 36.4 Å². The van der Waals surface area contributed by atoms with Crippen molar-refractivity contribution >= 4 is 87.4 Å². The Balaban J connectivity index is 1.26. The fourth-order valence-corrected chi connectivity index (χ4v) is 11.1. The molecule has 68 heavy (non-hydrogen) atoms. The number of benzene rings is 10. The van der Waals surface area contributed by atoms with Crippen LogP contribution in [0.1, 0.15) is 11.1 Å². The molecule has 0 atom stereocenters. The topological polar surface area (TPSA) is 75.5 Å². The van der Waals surface area contributed by atoms with Crippen molar-refractivity contribution in [2.75, 3.05) is 0 Å². The minimum Gasteiger partial charge on any atom is -0.456 e. The first-order valence-electron chi connectivity index (χ1n) is 22.7. The molecule has 0 saturated heterocycles. The van der Waals surface area contributed by atoms with Gasteiger partial charge in [0.05, 0.1) is 50.2 Å². The second-order valence-electron chi connectivity index (χ2n) is 17.4. The molecule has 0 bridgehead atoms. The molecule has 0 unspecified atom stereocenters. The van der Waals surface area contributed by atoms with E-state index in [1.54, 1.807) is 0 Å².